The molecule has 0 aliphatic carbocycles. The second kappa shape index (κ2) is 4.93. The fraction of sp³-hybridized carbons (Fsp3) is 0.500. The van der Waals surface area contributed by atoms with Crippen LogP contribution in [0.1, 0.15) is 38.3 Å². The molecule has 2 rings (SSSR count). The van der Waals surface area contributed by atoms with E-state index in [0.29, 0.717) is 13.0 Å². The molecule has 4 heteroatoms. The molecular weight excluding hydrogens is 252 g/mol. The highest BCUT2D eigenvalue weighted by atomic mass is 16.2. The summed E-state index contributed by atoms with van der Waals surface area (Å²) in [6, 6.07) is 5.93. The highest BCUT2D eigenvalue weighted by molar-refractivity contribution is 6.05. The summed E-state index contributed by atoms with van der Waals surface area (Å²) in [5.41, 5.74) is 3.28. The van der Waals surface area contributed by atoms with Crippen molar-refractivity contribution in [2.45, 2.75) is 39.5 Å². The van der Waals surface area contributed by atoms with Gasteiger partial charge in [0, 0.05) is 25.7 Å². The first-order valence-corrected chi connectivity index (χ1v) is 6.91. The summed E-state index contributed by atoms with van der Waals surface area (Å²) in [4.78, 5) is 26.6. The summed E-state index contributed by atoms with van der Waals surface area (Å²) >= 11 is 0. The molecule has 0 N–H and O–H groups in total. The second-order valence-electron chi connectivity index (χ2n) is 6.39. The number of benzene rings is 1. The van der Waals surface area contributed by atoms with E-state index in [4.69, 9.17) is 0 Å². The lowest BCUT2D eigenvalue weighted by molar-refractivity contribution is -0.127. The fourth-order valence-corrected chi connectivity index (χ4v) is 2.41. The molecule has 0 bridgehead atoms. The minimum Gasteiger partial charge on any atom is -0.293 e. The Labute approximate surface area is 120 Å². The molecule has 0 radical (unpaired) electrons. The number of carbonyl (C=O) groups is 2. The van der Waals surface area contributed by atoms with Gasteiger partial charge in [-0.25, -0.2) is 4.79 Å². The Balaban J connectivity index is 2.35. The number of aryl methyl sites for hydroxylation is 1. The van der Waals surface area contributed by atoms with Crippen LogP contribution < -0.4 is 4.90 Å². The molecule has 20 heavy (non-hydrogen) atoms. The van der Waals surface area contributed by atoms with Gasteiger partial charge in [-0.15, -0.1) is 0 Å². The van der Waals surface area contributed by atoms with Crippen LogP contribution in [0.5, 0.6) is 0 Å². The van der Waals surface area contributed by atoms with E-state index in [1.165, 1.54) is 17.5 Å². The number of urea groups is 1. The van der Waals surface area contributed by atoms with Crippen LogP contribution in [0.15, 0.2) is 18.2 Å². The van der Waals surface area contributed by atoms with Gasteiger partial charge >= 0.3 is 6.03 Å². The zero-order chi connectivity index (χ0) is 15.1. The predicted octanol–water partition coefficient (Wildman–Crippen LogP) is 3.08. The third-order valence-corrected chi connectivity index (χ3v) is 3.79. The topological polar surface area (TPSA) is 40.6 Å². The molecule has 1 aliphatic heterocycles. The lowest BCUT2D eigenvalue weighted by Crippen LogP contribution is -2.50. The Morgan fingerprint density at radius 2 is 1.80 bits per heavy atom. The summed E-state index contributed by atoms with van der Waals surface area (Å²) in [6.45, 7) is 8.96. The average Bonchev–Trinajstić information content (AvgIpc) is 2.36. The molecule has 0 spiro atoms. The normalized spacial score (nSPS) is 16.9. The fourth-order valence-electron chi connectivity index (χ4n) is 2.41. The van der Waals surface area contributed by atoms with Crippen molar-refractivity contribution in [2.75, 3.05) is 18.5 Å². The number of anilines is 1. The first-order chi connectivity index (χ1) is 9.21. The summed E-state index contributed by atoms with van der Waals surface area (Å²) in [5, 5.41) is 0. The standard InChI is InChI=1S/C16H22N2O2/c1-11-10-12(16(2,3)4)6-7-13(11)18-9-8-14(19)17(5)15(18)20/h6-7,10H,8-9H2,1-5H3. The molecule has 1 aromatic rings. The maximum absolute atomic E-state index is 12.2. The Morgan fingerprint density at radius 1 is 1.15 bits per heavy atom. The highest BCUT2D eigenvalue weighted by Crippen LogP contribution is 2.29. The largest absolute Gasteiger partial charge is 0.330 e. The minimum atomic E-state index is -0.243. The Hall–Kier alpha value is -1.84. The quantitative estimate of drug-likeness (QED) is 0.789. The number of hydrogen-bond acceptors (Lipinski definition) is 2. The number of amides is 3. The molecule has 1 heterocycles. The van der Waals surface area contributed by atoms with Crippen molar-refractivity contribution < 1.29 is 9.59 Å². The van der Waals surface area contributed by atoms with E-state index in [9.17, 15) is 9.59 Å². The van der Waals surface area contributed by atoms with Crippen LogP contribution in [0.25, 0.3) is 0 Å². The molecule has 108 valence electrons. The molecule has 0 saturated carbocycles. The van der Waals surface area contributed by atoms with Crippen molar-refractivity contribution in [1.82, 2.24) is 4.90 Å². The van der Waals surface area contributed by atoms with Crippen molar-refractivity contribution in [3.05, 3.63) is 29.3 Å². The van der Waals surface area contributed by atoms with Gasteiger partial charge in [0.25, 0.3) is 0 Å². The maximum atomic E-state index is 12.2. The summed E-state index contributed by atoms with van der Waals surface area (Å²) in [5.74, 6) is -0.116. The third kappa shape index (κ3) is 2.55. The molecule has 0 aromatic heterocycles. The van der Waals surface area contributed by atoms with Gasteiger partial charge in [0.1, 0.15) is 0 Å². The van der Waals surface area contributed by atoms with Gasteiger partial charge in [-0.1, -0.05) is 32.9 Å². The van der Waals surface area contributed by atoms with Gasteiger partial charge in [-0.05, 0) is 29.5 Å². The van der Waals surface area contributed by atoms with E-state index in [-0.39, 0.29) is 17.4 Å². The van der Waals surface area contributed by atoms with Gasteiger partial charge < -0.3 is 0 Å². The van der Waals surface area contributed by atoms with Crippen LogP contribution in [-0.2, 0) is 10.2 Å². The van der Waals surface area contributed by atoms with Crippen LogP contribution in [0.3, 0.4) is 0 Å². The van der Waals surface area contributed by atoms with Crippen molar-refractivity contribution in [3.63, 3.8) is 0 Å². The zero-order valence-corrected chi connectivity index (χ0v) is 12.9. The molecule has 3 amide bonds. The Bertz CT molecular complexity index is 558. The van der Waals surface area contributed by atoms with Gasteiger partial charge in [0.15, 0.2) is 0 Å². The first kappa shape index (κ1) is 14.6. The van der Waals surface area contributed by atoms with E-state index in [1.807, 2.05) is 13.0 Å². The van der Waals surface area contributed by atoms with Gasteiger partial charge in [-0.3, -0.25) is 14.6 Å². The summed E-state index contributed by atoms with van der Waals surface area (Å²) < 4.78 is 0. The molecule has 0 atom stereocenters. The summed E-state index contributed by atoms with van der Waals surface area (Å²) in [7, 11) is 1.54. The smallest absolute Gasteiger partial charge is 0.293 e. The minimum absolute atomic E-state index is 0.0853. The lowest BCUT2D eigenvalue weighted by Gasteiger charge is -2.33. The Morgan fingerprint density at radius 3 is 2.35 bits per heavy atom. The lowest BCUT2D eigenvalue weighted by atomic mass is 9.86. The number of rotatable bonds is 1. The van der Waals surface area contributed by atoms with E-state index in [1.54, 1.807) is 4.90 Å². The third-order valence-electron chi connectivity index (χ3n) is 3.79. The molecular formula is C16H22N2O2. The molecule has 1 saturated heterocycles. The zero-order valence-electron chi connectivity index (χ0n) is 12.9. The van der Waals surface area contributed by atoms with Crippen molar-refractivity contribution in [1.29, 1.82) is 0 Å². The van der Waals surface area contributed by atoms with Crippen molar-refractivity contribution in [3.8, 4) is 0 Å². The number of carbonyl (C=O) groups excluding carboxylic acids is 2. The number of hydrogen-bond donors (Lipinski definition) is 0. The van der Waals surface area contributed by atoms with E-state index in [0.717, 1.165) is 11.3 Å². The monoisotopic (exact) mass is 274 g/mol. The van der Waals surface area contributed by atoms with Crippen LogP contribution in [-0.4, -0.2) is 30.4 Å². The van der Waals surface area contributed by atoms with Crippen LogP contribution in [0, 0.1) is 6.92 Å². The first-order valence-electron chi connectivity index (χ1n) is 6.91. The Kier molecular flexibility index (Phi) is 3.59. The maximum Gasteiger partial charge on any atom is 0.330 e. The van der Waals surface area contributed by atoms with Crippen LogP contribution >= 0.6 is 0 Å². The van der Waals surface area contributed by atoms with E-state index < -0.39 is 0 Å². The highest BCUT2D eigenvalue weighted by Gasteiger charge is 2.30. The molecule has 4 nitrogen and oxygen atoms in total. The predicted molar refractivity (Wildman–Crippen MR) is 80.0 cm³/mol. The van der Waals surface area contributed by atoms with Gasteiger partial charge in [-0.2, -0.15) is 0 Å². The average molecular weight is 274 g/mol. The van der Waals surface area contributed by atoms with Crippen molar-refractivity contribution in [2.24, 2.45) is 0 Å². The SMILES string of the molecule is Cc1cc(C(C)(C)C)ccc1N1CCC(=O)N(C)C1=O. The molecule has 1 fully saturated rings. The summed E-state index contributed by atoms with van der Waals surface area (Å²) in [6.07, 6.45) is 0.378. The van der Waals surface area contributed by atoms with Crippen molar-refractivity contribution >= 4 is 17.6 Å². The molecule has 0 unspecified atom stereocenters. The molecule has 1 aromatic carbocycles. The molecule has 1 aliphatic rings. The van der Waals surface area contributed by atoms with E-state index >= 15 is 0 Å². The van der Waals surface area contributed by atoms with Crippen LogP contribution in [0.2, 0.25) is 0 Å². The van der Waals surface area contributed by atoms with Gasteiger partial charge in [0.05, 0.1) is 0 Å². The van der Waals surface area contributed by atoms with Gasteiger partial charge in [0.2, 0.25) is 5.91 Å². The number of imide groups is 1. The van der Waals surface area contributed by atoms with E-state index in [2.05, 4.69) is 32.9 Å². The number of nitrogens with zero attached hydrogens (tertiary/aromatic N) is 2. The van der Waals surface area contributed by atoms with Crippen LogP contribution in [0.4, 0.5) is 10.5 Å². The second-order valence-corrected chi connectivity index (χ2v) is 6.39.